The number of alkyl halides is 2. The number of benzene rings is 1. The summed E-state index contributed by atoms with van der Waals surface area (Å²) in [6.45, 7) is 0.325. The van der Waals surface area contributed by atoms with Crippen molar-refractivity contribution in [3.8, 4) is 11.5 Å². The van der Waals surface area contributed by atoms with Gasteiger partial charge < -0.3 is 25.4 Å². The highest BCUT2D eigenvalue weighted by atomic mass is 35.5. The Morgan fingerprint density at radius 2 is 2.03 bits per heavy atom. The molecule has 0 unspecified atom stereocenters. The van der Waals surface area contributed by atoms with Crippen LogP contribution in [0, 0.1) is 0 Å². The summed E-state index contributed by atoms with van der Waals surface area (Å²) in [7, 11) is 1.69. The molecule has 2 aromatic heterocycles. The van der Waals surface area contributed by atoms with E-state index in [9.17, 15) is 13.6 Å². The van der Waals surface area contributed by atoms with Crippen LogP contribution in [0.25, 0.3) is 0 Å². The zero-order valence-electron chi connectivity index (χ0n) is 15.9. The van der Waals surface area contributed by atoms with E-state index >= 15 is 0 Å². The molecule has 0 aliphatic carbocycles. The predicted octanol–water partition coefficient (Wildman–Crippen LogP) is 3.74. The largest absolute Gasteiger partial charge is 0.586 e. The van der Waals surface area contributed by atoms with Gasteiger partial charge in [-0.1, -0.05) is 11.6 Å². The third-order valence-electron chi connectivity index (χ3n) is 4.06. The van der Waals surface area contributed by atoms with Gasteiger partial charge in [-0.05, 0) is 18.2 Å². The van der Waals surface area contributed by atoms with Gasteiger partial charge in [0.05, 0.1) is 29.0 Å². The van der Waals surface area contributed by atoms with Crippen LogP contribution in [0.15, 0.2) is 29.8 Å². The standard InChI is InChI=1S/C18H15ClF2N6O3S/c1-22-17-26-10(5-14(19)27-17)7-23-16-13(31-8-24-16)6-15(28)25-9-2-3-11-12(4-9)30-18(20,21)29-11/h2-5,8,23H,6-7H2,1H3,(H,25,28)(H,22,26,27). The number of aromatic nitrogens is 3. The van der Waals surface area contributed by atoms with Gasteiger partial charge in [-0.2, -0.15) is 0 Å². The van der Waals surface area contributed by atoms with Crippen molar-refractivity contribution in [3.05, 3.63) is 45.5 Å². The number of nitrogens with one attached hydrogen (secondary N) is 3. The zero-order chi connectivity index (χ0) is 22.0. The lowest BCUT2D eigenvalue weighted by molar-refractivity contribution is -0.286. The molecule has 1 amide bonds. The van der Waals surface area contributed by atoms with Crippen molar-refractivity contribution in [2.24, 2.45) is 0 Å². The molecule has 1 aliphatic heterocycles. The minimum atomic E-state index is -3.71. The molecule has 31 heavy (non-hydrogen) atoms. The summed E-state index contributed by atoms with van der Waals surface area (Å²) in [6.07, 6.45) is -3.68. The summed E-state index contributed by atoms with van der Waals surface area (Å²) in [5.74, 6) is 0.339. The summed E-state index contributed by atoms with van der Waals surface area (Å²) in [5.41, 5.74) is 2.56. The molecule has 0 atom stereocenters. The fourth-order valence-electron chi connectivity index (χ4n) is 2.76. The number of carbonyl (C=O) groups is 1. The van der Waals surface area contributed by atoms with Gasteiger partial charge >= 0.3 is 6.29 Å². The van der Waals surface area contributed by atoms with E-state index in [4.69, 9.17) is 11.6 Å². The lowest BCUT2D eigenvalue weighted by atomic mass is 10.2. The van der Waals surface area contributed by atoms with E-state index in [0.717, 1.165) is 0 Å². The molecular weight excluding hydrogens is 454 g/mol. The Labute approximate surface area is 183 Å². The third kappa shape index (κ3) is 5.09. The first-order chi connectivity index (χ1) is 14.8. The predicted molar refractivity (Wildman–Crippen MR) is 111 cm³/mol. The average Bonchev–Trinajstić information content (AvgIpc) is 3.27. The Balaban J connectivity index is 1.37. The number of hydrogen-bond acceptors (Lipinski definition) is 9. The highest BCUT2D eigenvalue weighted by Gasteiger charge is 2.43. The highest BCUT2D eigenvalue weighted by molar-refractivity contribution is 7.10. The fraction of sp³-hybridized carbons (Fsp3) is 0.222. The number of thiazole rings is 1. The number of halogens is 3. The molecule has 162 valence electrons. The molecule has 0 bridgehead atoms. The number of anilines is 3. The molecule has 1 aromatic carbocycles. The van der Waals surface area contributed by atoms with Crippen molar-refractivity contribution < 1.29 is 23.0 Å². The van der Waals surface area contributed by atoms with Crippen molar-refractivity contribution in [2.45, 2.75) is 19.3 Å². The third-order valence-corrected chi connectivity index (χ3v) is 5.08. The summed E-state index contributed by atoms with van der Waals surface area (Å²) in [4.78, 5) is 25.7. The molecular formula is C18H15ClF2N6O3S. The van der Waals surface area contributed by atoms with Crippen LogP contribution in [0.2, 0.25) is 5.15 Å². The van der Waals surface area contributed by atoms with Crippen LogP contribution < -0.4 is 25.4 Å². The number of rotatable bonds is 7. The number of amides is 1. The normalized spacial score (nSPS) is 13.7. The second kappa shape index (κ2) is 8.47. The zero-order valence-corrected chi connectivity index (χ0v) is 17.5. The first-order valence-electron chi connectivity index (χ1n) is 8.88. The van der Waals surface area contributed by atoms with Crippen molar-refractivity contribution in [1.82, 2.24) is 15.0 Å². The topological polar surface area (TPSA) is 110 Å². The molecule has 0 spiro atoms. The van der Waals surface area contributed by atoms with Crippen molar-refractivity contribution in [2.75, 3.05) is 23.0 Å². The molecule has 4 rings (SSSR count). The number of nitrogens with zero attached hydrogens (tertiary/aromatic N) is 3. The van der Waals surface area contributed by atoms with Gasteiger partial charge in [-0.3, -0.25) is 4.79 Å². The molecule has 13 heteroatoms. The Hall–Kier alpha value is -3.25. The van der Waals surface area contributed by atoms with Crippen molar-refractivity contribution in [1.29, 1.82) is 0 Å². The van der Waals surface area contributed by atoms with Gasteiger partial charge in [0.25, 0.3) is 0 Å². The number of hydrogen-bond donors (Lipinski definition) is 3. The molecule has 3 N–H and O–H groups in total. The minimum Gasteiger partial charge on any atom is -0.395 e. The monoisotopic (exact) mass is 468 g/mol. The second-order valence-electron chi connectivity index (χ2n) is 6.29. The molecule has 0 fully saturated rings. The average molecular weight is 469 g/mol. The van der Waals surface area contributed by atoms with E-state index in [1.807, 2.05) is 0 Å². The van der Waals surface area contributed by atoms with E-state index in [2.05, 4.69) is 40.4 Å². The Kier molecular flexibility index (Phi) is 5.74. The van der Waals surface area contributed by atoms with Crippen LogP contribution >= 0.6 is 22.9 Å². The lowest BCUT2D eigenvalue weighted by Gasteiger charge is -2.08. The molecule has 0 saturated heterocycles. The summed E-state index contributed by atoms with van der Waals surface area (Å²) in [6, 6.07) is 5.65. The molecule has 3 heterocycles. The molecule has 9 nitrogen and oxygen atoms in total. The van der Waals surface area contributed by atoms with Crippen LogP contribution in [0.1, 0.15) is 10.6 Å². The Morgan fingerprint density at radius 3 is 2.84 bits per heavy atom. The summed E-state index contributed by atoms with van der Waals surface area (Å²) < 4.78 is 35.0. The van der Waals surface area contributed by atoms with Gasteiger partial charge in [0.15, 0.2) is 11.5 Å². The second-order valence-corrected chi connectivity index (χ2v) is 7.61. The van der Waals surface area contributed by atoms with Gasteiger partial charge in [-0.15, -0.1) is 20.1 Å². The van der Waals surface area contributed by atoms with Gasteiger partial charge in [0, 0.05) is 18.8 Å². The van der Waals surface area contributed by atoms with E-state index < -0.39 is 6.29 Å². The van der Waals surface area contributed by atoms with Crippen LogP contribution in [0.5, 0.6) is 11.5 Å². The van der Waals surface area contributed by atoms with E-state index in [1.54, 1.807) is 18.6 Å². The lowest BCUT2D eigenvalue weighted by Crippen LogP contribution is -2.25. The summed E-state index contributed by atoms with van der Waals surface area (Å²) in [5, 5.41) is 8.89. The number of fused-ring (bicyclic) bond motifs is 1. The molecule has 1 aliphatic rings. The smallest absolute Gasteiger partial charge is 0.395 e. The Morgan fingerprint density at radius 1 is 1.23 bits per heavy atom. The molecule has 0 radical (unpaired) electrons. The van der Waals surface area contributed by atoms with E-state index in [-0.39, 0.29) is 23.8 Å². The van der Waals surface area contributed by atoms with Gasteiger partial charge in [0.1, 0.15) is 11.0 Å². The fourth-order valence-corrected chi connectivity index (χ4v) is 3.70. The van der Waals surface area contributed by atoms with Gasteiger partial charge in [-0.25, -0.2) is 15.0 Å². The van der Waals surface area contributed by atoms with Crippen LogP contribution in [-0.2, 0) is 17.8 Å². The first kappa shape index (κ1) is 21.0. The first-order valence-corrected chi connectivity index (χ1v) is 10.1. The summed E-state index contributed by atoms with van der Waals surface area (Å²) >= 11 is 7.28. The maximum absolute atomic E-state index is 13.1. The molecule has 0 saturated carbocycles. The maximum atomic E-state index is 13.1. The highest BCUT2D eigenvalue weighted by Crippen LogP contribution is 2.42. The van der Waals surface area contributed by atoms with E-state index in [1.165, 1.54) is 29.5 Å². The Bertz CT molecular complexity index is 1130. The minimum absolute atomic E-state index is 0.0316. The van der Waals surface area contributed by atoms with Crippen molar-refractivity contribution in [3.63, 3.8) is 0 Å². The van der Waals surface area contributed by atoms with Crippen molar-refractivity contribution >= 4 is 46.3 Å². The molecule has 3 aromatic rings. The van der Waals surface area contributed by atoms with E-state index in [0.29, 0.717) is 39.7 Å². The quantitative estimate of drug-likeness (QED) is 0.450. The number of ether oxygens (including phenoxy) is 2. The van der Waals surface area contributed by atoms with Crippen LogP contribution in [0.4, 0.5) is 26.2 Å². The van der Waals surface area contributed by atoms with Crippen LogP contribution in [0.3, 0.4) is 0 Å². The number of carbonyl (C=O) groups excluding carboxylic acids is 1. The van der Waals surface area contributed by atoms with Gasteiger partial charge in [0.2, 0.25) is 11.9 Å². The van der Waals surface area contributed by atoms with Crippen LogP contribution in [-0.4, -0.2) is 34.2 Å². The maximum Gasteiger partial charge on any atom is 0.586 e. The SMILES string of the molecule is CNc1nc(Cl)cc(CNc2ncsc2CC(=O)Nc2ccc3c(c2)OC(F)(F)O3)n1.